The van der Waals surface area contributed by atoms with Gasteiger partial charge >= 0.3 is 0 Å². The molecular weight excluding hydrogens is 773 g/mol. The Morgan fingerprint density at radius 1 is 0.766 bits per heavy atom. The summed E-state index contributed by atoms with van der Waals surface area (Å²) in [5.41, 5.74) is 14.6. The second-order valence-corrected chi connectivity index (χ2v) is 13.2. The molecule has 0 amide bonds. The number of rotatable bonds is 3. The molecule has 0 aliphatic rings. The van der Waals surface area contributed by atoms with Gasteiger partial charge in [-0.25, -0.2) is 0 Å². The summed E-state index contributed by atoms with van der Waals surface area (Å²) >= 11 is 1.77. The van der Waals surface area contributed by atoms with Crippen molar-refractivity contribution in [1.29, 1.82) is 0 Å². The van der Waals surface area contributed by atoms with Crippen LogP contribution in [-0.4, -0.2) is 18.9 Å². The van der Waals surface area contributed by atoms with Crippen molar-refractivity contribution in [2.24, 2.45) is 0 Å². The smallest absolute Gasteiger partial charge is 0.0907 e. The molecule has 0 N–H and O–H groups in total. The fourth-order valence-corrected chi connectivity index (χ4v) is 7.93. The van der Waals surface area contributed by atoms with Crippen molar-refractivity contribution in [1.82, 2.24) is 18.9 Å². The van der Waals surface area contributed by atoms with Crippen LogP contribution in [0.4, 0.5) is 0 Å². The van der Waals surface area contributed by atoms with E-state index in [1.54, 1.807) is 11.3 Å². The van der Waals surface area contributed by atoms with E-state index in [-0.39, 0.29) is 20.1 Å². The predicted octanol–water partition coefficient (Wildman–Crippen LogP) is 10.7. The summed E-state index contributed by atoms with van der Waals surface area (Å²) in [7, 11) is 0. The molecule has 0 spiro atoms. The van der Waals surface area contributed by atoms with Gasteiger partial charge in [0.1, 0.15) is 0 Å². The Hall–Kier alpha value is -4.35. The van der Waals surface area contributed by atoms with E-state index >= 15 is 0 Å². The van der Waals surface area contributed by atoms with Gasteiger partial charge in [0.2, 0.25) is 0 Å². The maximum absolute atomic E-state index is 4.80. The van der Waals surface area contributed by atoms with E-state index in [1.807, 2.05) is 42.7 Å². The average molecular weight is 809 g/mol. The third-order valence-corrected chi connectivity index (χ3v) is 9.51. The largest absolute Gasteiger partial charge is 0.340 e. The molecular formula is C41H36IrN4S-2. The van der Waals surface area contributed by atoms with Crippen LogP contribution in [0.2, 0.25) is 0 Å². The number of fused-ring (bicyclic) bond motifs is 6. The van der Waals surface area contributed by atoms with Crippen LogP contribution < -0.4 is 0 Å². The van der Waals surface area contributed by atoms with Gasteiger partial charge in [0.05, 0.1) is 16.3 Å². The Morgan fingerprint density at radius 3 is 2.15 bits per heavy atom. The van der Waals surface area contributed by atoms with Crippen LogP contribution in [0.15, 0.2) is 90.7 Å². The first-order valence-electron chi connectivity index (χ1n) is 15.6. The van der Waals surface area contributed by atoms with Crippen LogP contribution in [0, 0.1) is 60.6 Å². The van der Waals surface area contributed by atoms with E-state index in [1.165, 1.54) is 65.8 Å². The number of nitrogens with zero attached hydrogens (tertiary/aromatic N) is 4. The Kier molecular flexibility index (Phi) is 9.04. The zero-order chi connectivity index (χ0) is 32.1. The molecule has 0 atom stereocenters. The van der Waals surface area contributed by atoms with Gasteiger partial charge in [-0.1, -0.05) is 57.8 Å². The third-order valence-electron chi connectivity index (χ3n) is 8.59. The second-order valence-electron chi connectivity index (χ2n) is 12.3. The van der Waals surface area contributed by atoms with E-state index in [0.29, 0.717) is 0 Å². The molecule has 47 heavy (non-hydrogen) atoms. The van der Waals surface area contributed by atoms with E-state index < -0.39 is 0 Å². The summed E-state index contributed by atoms with van der Waals surface area (Å²) in [4.78, 5) is 10.5. The number of hydrogen-bond donors (Lipinski definition) is 0. The summed E-state index contributed by atoms with van der Waals surface area (Å²) in [6.07, 6.45) is 5.98. The van der Waals surface area contributed by atoms with Gasteiger partial charge < -0.3 is 8.97 Å². The van der Waals surface area contributed by atoms with Gasteiger partial charge in [0.15, 0.2) is 0 Å². The zero-order valence-corrected chi connectivity index (χ0v) is 30.9. The Labute approximate surface area is 294 Å². The van der Waals surface area contributed by atoms with E-state index in [2.05, 4.69) is 123 Å². The standard InChI is InChI=1S/C23H19N2S.C18H17N2.Ir/c1-13-10-14(2)20(15(3)11-13)17-6-5-7-18-21(17)19-8-9-26-23(19)25-12-16(4)24-22(18)25;1-13-11-14(2)17(15(3)12-13)20-10-9-19-18(20)16-7-5-4-6-8-16;/h5-6,8-12H,1-4H3;4-7,9-12H,1-3H3;/q2*-1;. The molecule has 0 unspecified atom stereocenters. The summed E-state index contributed by atoms with van der Waals surface area (Å²) in [6, 6.07) is 30.1. The fraction of sp³-hybridized carbons (Fsp3) is 0.171. The molecule has 0 saturated heterocycles. The van der Waals surface area contributed by atoms with Crippen LogP contribution >= 0.6 is 11.3 Å². The van der Waals surface area contributed by atoms with Crippen LogP contribution in [0.3, 0.4) is 0 Å². The van der Waals surface area contributed by atoms with E-state index in [9.17, 15) is 0 Å². The third kappa shape index (κ3) is 5.87. The average Bonchev–Trinajstić information content (AvgIpc) is 3.77. The second kappa shape index (κ2) is 13.0. The van der Waals surface area contributed by atoms with E-state index in [4.69, 9.17) is 4.98 Å². The minimum Gasteiger partial charge on any atom is -0.340 e. The van der Waals surface area contributed by atoms with Gasteiger partial charge in [-0.3, -0.25) is 9.97 Å². The van der Waals surface area contributed by atoms with Crippen molar-refractivity contribution in [2.75, 3.05) is 0 Å². The molecule has 0 aliphatic carbocycles. The van der Waals surface area contributed by atoms with Gasteiger partial charge in [0, 0.05) is 50.1 Å². The number of imidazole rings is 2. The van der Waals surface area contributed by atoms with E-state index in [0.717, 1.165) is 28.1 Å². The van der Waals surface area contributed by atoms with Crippen LogP contribution in [-0.2, 0) is 20.1 Å². The maximum atomic E-state index is 4.80. The summed E-state index contributed by atoms with van der Waals surface area (Å²) in [6.45, 7) is 15.1. The minimum atomic E-state index is 0. The Balaban J connectivity index is 0.000000167. The number of thiophene rings is 1. The van der Waals surface area contributed by atoms with Gasteiger partial charge in [-0.05, 0) is 87.0 Å². The number of aromatic nitrogens is 4. The molecule has 8 aromatic rings. The summed E-state index contributed by atoms with van der Waals surface area (Å²) in [5, 5.41) is 5.81. The van der Waals surface area contributed by atoms with Crippen molar-refractivity contribution in [2.45, 2.75) is 48.5 Å². The number of aryl methyl sites for hydroxylation is 7. The number of pyridine rings is 1. The molecule has 0 saturated carbocycles. The van der Waals surface area contributed by atoms with Crippen molar-refractivity contribution in [3.05, 3.63) is 142 Å². The van der Waals surface area contributed by atoms with Gasteiger partial charge in [0.25, 0.3) is 0 Å². The Morgan fingerprint density at radius 2 is 1.47 bits per heavy atom. The first kappa shape index (κ1) is 32.6. The van der Waals surface area contributed by atoms with Crippen LogP contribution in [0.1, 0.15) is 39.1 Å². The zero-order valence-electron chi connectivity index (χ0n) is 27.7. The topological polar surface area (TPSA) is 35.1 Å². The molecule has 1 radical (unpaired) electrons. The SMILES string of the molecule is Cc1cc(C)c(-c2cc[c-]c3c2c2ccsc2n2cc(C)nc32)c(C)c1.Cc1cc(C)c(-n2ccnc2-c2[c-]cccc2)c(C)c1.[Ir]. The summed E-state index contributed by atoms with van der Waals surface area (Å²) in [5.74, 6) is 0.931. The predicted molar refractivity (Wildman–Crippen MR) is 193 cm³/mol. The number of hydrogen-bond acceptors (Lipinski definition) is 3. The van der Waals surface area contributed by atoms with Crippen LogP contribution in [0.25, 0.3) is 54.8 Å². The molecule has 0 fully saturated rings. The molecule has 6 heteroatoms. The molecule has 4 heterocycles. The fourth-order valence-electron chi connectivity index (χ4n) is 7.04. The Bertz CT molecular complexity index is 2350. The molecule has 4 aromatic heterocycles. The van der Waals surface area contributed by atoms with Gasteiger partial charge in [-0.2, -0.15) is 0 Å². The molecule has 8 rings (SSSR count). The molecule has 0 aliphatic heterocycles. The van der Waals surface area contributed by atoms with Crippen LogP contribution in [0.5, 0.6) is 0 Å². The normalized spacial score (nSPS) is 11.1. The molecule has 237 valence electrons. The molecule has 0 bridgehead atoms. The number of benzene rings is 4. The first-order chi connectivity index (χ1) is 22.2. The quantitative estimate of drug-likeness (QED) is 0.167. The monoisotopic (exact) mass is 809 g/mol. The van der Waals surface area contributed by atoms with Gasteiger partial charge in [-0.15, -0.1) is 65.4 Å². The van der Waals surface area contributed by atoms with Crippen molar-refractivity contribution >= 4 is 38.0 Å². The minimum absolute atomic E-state index is 0. The van der Waals surface area contributed by atoms with Crippen molar-refractivity contribution in [3.8, 4) is 28.2 Å². The van der Waals surface area contributed by atoms with Crippen molar-refractivity contribution < 1.29 is 20.1 Å². The molecule has 4 nitrogen and oxygen atoms in total. The summed E-state index contributed by atoms with van der Waals surface area (Å²) < 4.78 is 4.36. The maximum Gasteiger partial charge on any atom is 0.0907 e. The van der Waals surface area contributed by atoms with Crippen molar-refractivity contribution in [3.63, 3.8) is 0 Å². The molecule has 4 aromatic carbocycles. The first-order valence-corrected chi connectivity index (χ1v) is 16.5.